The van der Waals surface area contributed by atoms with Crippen molar-refractivity contribution in [3.8, 4) is 0 Å². The summed E-state index contributed by atoms with van der Waals surface area (Å²) in [6.45, 7) is 7.12. The second-order valence-corrected chi connectivity index (χ2v) is 6.22. The van der Waals surface area contributed by atoms with Crippen molar-refractivity contribution in [1.29, 1.82) is 0 Å². The summed E-state index contributed by atoms with van der Waals surface area (Å²) in [6, 6.07) is 10.4. The minimum Gasteiger partial charge on any atom is -0.222 e. The molecule has 0 atom stereocenters. The summed E-state index contributed by atoms with van der Waals surface area (Å²) >= 11 is 0. The third kappa shape index (κ3) is 5.45. The number of aromatic nitrogens is 4. The Morgan fingerprint density at radius 3 is 2.24 bits per heavy atom. The Bertz CT molecular complexity index is 841. The fourth-order valence-corrected chi connectivity index (χ4v) is 2.67. The number of hydrogen-bond donors (Lipinski definition) is 0. The molecule has 8 nitrogen and oxygen atoms in total. The summed E-state index contributed by atoms with van der Waals surface area (Å²) in [6.07, 6.45) is 3.03. The van der Waals surface area contributed by atoms with Gasteiger partial charge >= 0.3 is 5.78 Å². The molecule has 0 N–H and O–H groups in total. The number of rotatable bonds is 3. The molecule has 9 heteroatoms. The zero-order chi connectivity index (χ0) is 18.6. The minimum absolute atomic E-state index is 0.768. The SMILES string of the molecule is CCc1c(C)nc2nn(Cc3ccccc3)c[n+]2c1C.[O-][Cl+3]([O-])([O-])[O-]. The highest BCUT2D eigenvalue weighted by Gasteiger charge is 2.17. The summed E-state index contributed by atoms with van der Waals surface area (Å²) in [5.74, 6) is 0.771. The van der Waals surface area contributed by atoms with Gasteiger partial charge in [-0.05, 0) is 25.8 Å². The maximum absolute atomic E-state index is 8.49. The number of halogens is 1. The number of benzene rings is 1. The van der Waals surface area contributed by atoms with Crippen LogP contribution in [0.25, 0.3) is 5.78 Å². The van der Waals surface area contributed by atoms with Crippen LogP contribution in [-0.4, -0.2) is 14.8 Å². The van der Waals surface area contributed by atoms with E-state index in [1.807, 2.05) is 17.1 Å². The lowest BCUT2D eigenvalue weighted by Crippen LogP contribution is -2.68. The molecule has 25 heavy (non-hydrogen) atoms. The quantitative estimate of drug-likeness (QED) is 0.471. The van der Waals surface area contributed by atoms with Crippen molar-refractivity contribution < 1.29 is 33.3 Å². The van der Waals surface area contributed by atoms with Crippen LogP contribution in [0.5, 0.6) is 0 Å². The van der Waals surface area contributed by atoms with Crippen LogP contribution in [0, 0.1) is 24.1 Å². The van der Waals surface area contributed by atoms with Gasteiger partial charge in [-0.2, -0.15) is 4.40 Å². The van der Waals surface area contributed by atoms with Crippen molar-refractivity contribution in [1.82, 2.24) is 14.8 Å². The smallest absolute Gasteiger partial charge is 0.222 e. The van der Waals surface area contributed by atoms with E-state index in [1.165, 1.54) is 16.8 Å². The van der Waals surface area contributed by atoms with Crippen molar-refractivity contribution >= 4 is 5.78 Å². The molecule has 0 spiro atoms. The molecule has 3 aromatic rings. The predicted octanol–water partition coefficient (Wildman–Crippen LogP) is -2.51. The zero-order valence-corrected chi connectivity index (χ0v) is 14.9. The minimum atomic E-state index is -4.94. The average Bonchev–Trinajstić information content (AvgIpc) is 2.89. The summed E-state index contributed by atoms with van der Waals surface area (Å²) in [7, 11) is -4.94. The zero-order valence-electron chi connectivity index (χ0n) is 14.2. The van der Waals surface area contributed by atoms with Crippen molar-refractivity contribution in [3.63, 3.8) is 0 Å². The Morgan fingerprint density at radius 2 is 1.68 bits per heavy atom. The van der Waals surface area contributed by atoms with Crippen molar-refractivity contribution in [2.75, 3.05) is 0 Å². The highest BCUT2D eigenvalue weighted by molar-refractivity contribution is 5.27. The van der Waals surface area contributed by atoms with Crippen LogP contribution < -0.4 is 23.0 Å². The summed E-state index contributed by atoms with van der Waals surface area (Å²) in [5, 5.41) is 4.57. The molecule has 0 aliphatic rings. The van der Waals surface area contributed by atoms with Gasteiger partial charge in [-0.3, -0.25) is 0 Å². The fourth-order valence-electron chi connectivity index (χ4n) is 2.67. The first kappa shape index (κ1) is 19.2. The number of hydrogen-bond acceptors (Lipinski definition) is 6. The number of nitrogens with zero attached hydrogens (tertiary/aromatic N) is 4. The Hall–Kier alpha value is -2.10. The van der Waals surface area contributed by atoms with Gasteiger partial charge in [0, 0.05) is 10.7 Å². The molecule has 0 saturated carbocycles. The van der Waals surface area contributed by atoms with Gasteiger partial charge in [-0.1, -0.05) is 37.3 Å². The third-order valence-corrected chi connectivity index (χ3v) is 3.73. The molecule has 3 rings (SSSR count). The third-order valence-electron chi connectivity index (χ3n) is 3.73. The first-order valence-corrected chi connectivity index (χ1v) is 8.83. The van der Waals surface area contributed by atoms with E-state index in [9.17, 15) is 0 Å². The van der Waals surface area contributed by atoms with Gasteiger partial charge in [0.2, 0.25) is 0 Å². The molecule has 0 saturated heterocycles. The van der Waals surface area contributed by atoms with Crippen LogP contribution in [0.4, 0.5) is 0 Å². The van der Waals surface area contributed by atoms with Crippen LogP contribution in [0.1, 0.15) is 29.4 Å². The fraction of sp³-hybridized carbons (Fsp3) is 0.312. The first-order valence-electron chi connectivity index (χ1n) is 7.59. The van der Waals surface area contributed by atoms with Gasteiger partial charge in [0.15, 0.2) is 6.33 Å². The van der Waals surface area contributed by atoms with Crippen LogP contribution >= 0.6 is 0 Å². The molecule has 2 aromatic heterocycles. The maximum atomic E-state index is 8.49. The van der Waals surface area contributed by atoms with E-state index in [-0.39, 0.29) is 0 Å². The van der Waals surface area contributed by atoms with E-state index in [2.05, 4.69) is 59.5 Å². The molecular formula is C16H19ClN4O4. The van der Waals surface area contributed by atoms with E-state index in [4.69, 9.17) is 18.6 Å². The molecule has 0 radical (unpaired) electrons. The molecular weight excluding hydrogens is 348 g/mol. The molecule has 0 aliphatic carbocycles. The number of fused-ring (bicyclic) bond motifs is 1. The van der Waals surface area contributed by atoms with Gasteiger partial charge < -0.3 is 0 Å². The van der Waals surface area contributed by atoms with E-state index in [1.54, 1.807) is 0 Å². The van der Waals surface area contributed by atoms with Crippen molar-refractivity contribution in [2.45, 2.75) is 33.7 Å². The Balaban J connectivity index is 0.000000399. The molecule has 0 amide bonds. The highest BCUT2D eigenvalue weighted by atomic mass is 35.7. The van der Waals surface area contributed by atoms with Crippen molar-refractivity contribution in [3.05, 3.63) is 59.2 Å². The average molecular weight is 367 g/mol. The van der Waals surface area contributed by atoms with Gasteiger partial charge in [0.1, 0.15) is 12.2 Å². The molecule has 0 aliphatic heterocycles. The van der Waals surface area contributed by atoms with Crippen LogP contribution in [0.3, 0.4) is 0 Å². The molecule has 0 fully saturated rings. The Morgan fingerprint density at radius 1 is 1.08 bits per heavy atom. The van der Waals surface area contributed by atoms with Crippen LogP contribution in [0.2, 0.25) is 0 Å². The van der Waals surface area contributed by atoms with E-state index >= 15 is 0 Å². The molecule has 1 aromatic carbocycles. The Labute approximate surface area is 147 Å². The topological polar surface area (TPSA) is 127 Å². The lowest BCUT2D eigenvalue weighted by molar-refractivity contribution is -2.00. The van der Waals surface area contributed by atoms with Crippen LogP contribution in [-0.2, 0) is 13.0 Å². The number of aryl methyl sites for hydroxylation is 2. The van der Waals surface area contributed by atoms with Gasteiger partial charge in [-0.25, -0.2) is 18.6 Å². The normalized spacial score (nSPS) is 11.3. The second kappa shape index (κ2) is 7.85. The predicted molar refractivity (Wildman–Crippen MR) is 77.6 cm³/mol. The molecule has 0 unspecified atom stereocenters. The largest absolute Gasteiger partial charge is 0.419 e. The Kier molecular flexibility index (Phi) is 6.04. The summed E-state index contributed by atoms with van der Waals surface area (Å²) in [4.78, 5) is 4.60. The lowest BCUT2D eigenvalue weighted by atomic mass is 10.1. The van der Waals surface area contributed by atoms with E-state index < -0.39 is 10.2 Å². The van der Waals surface area contributed by atoms with Gasteiger partial charge in [0.05, 0.1) is 5.69 Å². The first-order chi connectivity index (χ1) is 11.7. The van der Waals surface area contributed by atoms with Gasteiger partial charge in [0.25, 0.3) is 0 Å². The molecule has 134 valence electrons. The summed E-state index contributed by atoms with van der Waals surface area (Å²) in [5.41, 5.74) is 4.86. The molecule has 0 bridgehead atoms. The van der Waals surface area contributed by atoms with Crippen molar-refractivity contribution in [2.24, 2.45) is 0 Å². The lowest BCUT2D eigenvalue weighted by Gasteiger charge is -2.17. The highest BCUT2D eigenvalue weighted by Crippen LogP contribution is 2.10. The van der Waals surface area contributed by atoms with E-state index in [0.29, 0.717) is 0 Å². The van der Waals surface area contributed by atoms with E-state index in [0.717, 1.165) is 24.4 Å². The monoisotopic (exact) mass is 366 g/mol. The standard InChI is InChI=1S/C16H19N4.ClHO4/c1-4-15-12(2)17-16-18-19(11-20(16)13(15)3)10-14-8-6-5-7-9-14;2-1(3,4)5/h5-9,11H,4,10H2,1-3H3;(H,2,3,4,5)/q+1;/p-1. The van der Waals surface area contributed by atoms with Gasteiger partial charge in [-0.15, -0.1) is 19.9 Å². The van der Waals surface area contributed by atoms with Crippen LogP contribution in [0.15, 0.2) is 36.7 Å². The summed E-state index contributed by atoms with van der Waals surface area (Å²) < 4.78 is 38.0. The maximum Gasteiger partial charge on any atom is 0.419 e. The molecule has 2 heterocycles. The second-order valence-electron chi connectivity index (χ2n) is 5.46.